The average molecular weight is 477 g/mol. The summed E-state index contributed by atoms with van der Waals surface area (Å²) in [4.78, 5) is 12.0. The van der Waals surface area contributed by atoms with Gasteiger partial charge in [0.15, 0.2) is 0 Å². The third-order valence-electron chi connectivity index (χ3n) is 3.27. The Morgan fingerprint density at radius 1 is 1.17 bits per heavy atom. The van der Waals surface area contributed by atoms with Gasteiger partial charge in [-0.05, 0) is 58.5 Å². The molecule has 0 spiro atoms. The van der Waals surface area contributed by atoms with Gasteiger partial charge in [-0.1, -0.05) is 12.1 Å². The first-order valence-electron chi connectivity index (χ1n) is 6.89. The van der Waals surface area contributed by atoms with E-state index in [2.05, 4.69) is 22.6 Å². The first kappa shape index (κ1) is 19.2. The van der Waals surface area contributed by atoms with E-state index in [1.807, 2.05) is 24.3 Å². The van der Waals surface area contributed by atoms with E-state index in [1.165, 1.54) is 38.0 Å². The van der Waals surface area contributed by atoms with Crippen LogP contribution < -0.4 is 0 Å². The van der Waals surface area contributed by atoms with Crippen LogP contribution in [0.3, 0.4) is 0 Å². The minimum Gasteiger partial charge on any atom is -0.478 e. The van der Waals surface area contributed by atoms with Gasteiger partial charge in [-0.3, -0.25) is 0 Å². The molecule has 0 saturated carbocycles. The molecule has 0 saturated heterocycles. The van der Waals surface area contributed by atoms with Crippen molar-refractivity contribution in [3.8, 4) is 0 Å². The van der Waals surface area contributed by atoms with Crippen molar-refractivity contribution in [3.05, 3.63) is 57.2 Å². The van der Waals surface area contributed by atoms with Gasteiger partial charge in [-0.15, -0.1) is 11.8 Å². The zero-order valence-corrected chi connectivity index (χ0v) is 16.9. The fourth-order valence-electron chi connectivity index (χ4n) is 1.92. The maximum absolute atomic E-state index is 12.2. The summed E-state index contributed by atoms with van der Waals surface area (Å²) in [5.74, 6) is -0.535. The fraction of sp³-hybridized carbons (Fsp3) is 0.188. The molecule has 128 valence electrons. The molecule has 2 aromatic rings. The van der Waals surface area contributed by atoms with Crippen molar-refractivity contribution in [2.75, 3.05) is 14.1 Å². The quantitative estimate of drug-likeness (QED) is 0.509. The van der Waals surface area contributed by atoms with E-state index in [0.717, 1.165) is 13.4 Å². The fourth-order valence-corrected chi connectivity index (χ4v) is 4.18. The van der Waals surface area contributed by atoms with Gasteiger partial charge in [0.25, 0.3) is 0 Å². The Morgan fingerprint density at radius 3 is 2.33 bits per heavy atom. The van der Waals surface area contributed by atoms with E-state index < -0.39 is 16.0 Å². The number of halogens is 1. The molecule has 0 aromatic heterocycles. The Morgan fingerprint density at radius 2 is 1.79 bits per heavy atom. The summed E-state index contributed by atoms with van der Waals surface area (Å²) in [6.45, 7) is 0. The lowest BCUT2D eigenvalue weighted by Crippen LogP contribution is -2.22. The van der Waals surface area contributed by atoms with Crippen LogP contribution in [0.25, 0.3) is 0 Å². The van der Waals surface area contributed by atoms with Crippen molar-refractivity contribution in [2.45, 2.75) is 15.5 Å². The second-order valence-corrected chi connectivity index (χ2v) is 9.58. The van der Waals surface area contributed by atoms with Crippen LogP contribution in [0.15, 0.2) is 52.3 Å². The molecule has 2 rings (SSSR count). The number of aromatic carboxylic acids is 1. The van der Waals surface area contributed by atoms with Crippen molar-refractivity contribution >= 4 is 50.3 Å². The molecule has 0 radical (unpaired) electrons. The highest BCUT2D eigenvalue weighted by Crippen LogP contribution is 2.29. The number of benzene rings is 2. The molecule has 0 atom stereocenters. The maximum atomic E-state index is 12.2. The number of thioether (sulfide) groups is 1. The smallest absolute Gasteiger partial charge is 0.336 e. The molecule has 0 fully saturated rings. The second kappa shape index (κ2) is 7.85. The minimum absolute atomic E-state index is 0.00608. The standard InChI is InChI=1S/C16H16INO4S2/c1-18(2)24(21,22)13-7-8-15(14(9-13)16(19)20)23-10-11-3-5-12(17)6-4-11/h3-9H,10H2,1-2H3,(H,19,20). The van der Waals surface area contributed by atoms with Crippen LogP contribution in [0.1, 0.15) is 15.9 Å². The van der Waals surface area contributed by atoms with E-state index >= 15 is 0 Å². The highest BCUT2D eigenvalue weighted by Gasteiger charge is 2.21. The van der Waals surface area contributed by atoms with Crippen LogP contribution in [-0.4, -0.2) is 37.9 Å². The summed E-state index contributed by atoms with van der Waals surface area (Å²) in [5, 5.41) is 9.41. The SMILES string of the molecule is CN(C)S(=O)(=O)c1ccc(SCc2ccc(I)cc2)c(C(=O)O)c1. The molecule has 0 aliphatic heterocycles. The lowest BCUT2D eigenvalue weighted by atomic mass is 10.2. The number of rotatable bonds is 6. The van der Waals surface area contributed by atoms with Crippen LogP contribution in [0, 0.1) is 3.57 Å². The zero-order valence-electron chi connectivity index (χ0n) is 13.1. The minimum atomic E-state index is -3.66. The Kier molecular flexibility index (Phi) is 6.29. The molecule has 0 bridgehead atoms. The van der Waals surface area contributed by atoms with E-state index in [1.54, 1.807) is 6.07 Å². The average Bonchev–Trinajstić information content (AvgIpc) is 2.53. The van der Waals surface area contributed by atoms with Crippen molar-refractivity contribution in [3.63, 3.8) is 0 Å². The van der Waals surface area contributed by atoms with Crippen LogP contribution in [0.5, 0.6) is 0 Å². The third kappa shape index (κ3) is 4.50. The molecule has 0 unspecified atom stereocenters. The van der Waals surface area contributed by atoms with Crippen molar-refractivity contribution in [1.29, 1.82) is 0 Å². The Balaban J connectivity index is 2.30. The topological polar surface area (TPSA) is 74.7 Å². The monoisotopic (exact) mass is 477 g/mol. The van der Waals surface area contributed by atoms with Gasteiger partial charge in [0.2, 0.25) is 10.0 Å². The van der Waals surface area contributed by atoms with Gasteiger partial charge in [0.05, 0.1) is 10.5 Å². The Bertz CT molecular complexity index is 849. The van der Waals surface area contributed by atoms with E-state index in [0.29, 0.717) is 10.6 Å². The van der Waals surface area contributed by atoms with Gasteiger partial charge in [-0.25, -0.2) is 17.5 Å². The highest BCUT2D eigenvalue weighted by molar-refractivity contribution is 14.1. The predicted octanol–water partition coefficient (Wildman–Crippen LogP) is 3.53. The van der Waals surface area contributed by atoms with Crippen LogP contribution in [0.4, 0.5) is 0 Å². The van der Waals surface area contributed by atoms with Gasteiger partial charge in [0, 0.05) is 28.3 Å². The molecule has 1 N–H and O–H groups in total. The summed E-state index contributed by atoms with van der Waals surface area (Å²) in [6, 6.07) is 12.2. The first-order valence-corrected chi connectivity index (χ1v) is 10.4. The van der Waals surface area contributed by atoms with Crippen molar-refractivity contribution < 1.29 is 18.3 Å². The highest BCUT2D eigenvalue weighted by atomic mass is 127. The molecule has 0 aliphatic rings. The summed E-state index contributed by atoms with van der Waals surface area (Å²) in [6.07, 6.45) is 0. The second-order valence-electron chi connectivity index (χ2n) is 5.17. The molecular weight excluding hydrogens is 461 g/mol. The van der Waals surface area contributed by atoms with E-state index in [4.69, 9.17) is 0 Å². The van der Waals surface area contributed by atoms with Gasteiger partial charge in [-0.2, -0.15) is 0 Å². The molecule has 8 heteroatoms. The number of nitrogens with zero attached hydrogens (tertiary/aromatic N) is 1. The number of sulfonamides is 1. The number of hydrogen-bond acceptors (Lipinski definition) is 4. The van der Waals surface area contributed by atoms with Gasteiger partial charge >= 0.3 is 5.97 Å². The normalized spacial score (nSPS) is 11.7. The predicted molar refractivity (Wildman–Crippen MR) is 103 cm³/mol. The maximum Gasteiger partial charge on any atom is 0.336 e. The number of hydrogen-bond donors (Lipinski definition) is 1. The number of carboxylic acid groups (broad SMARTS) is 1. The van der Waals surface area contributed by atoms with Gasteiger partial charge in [0.1, 0.15) is 0 Å². The molecule has 0 heterocycles. The molecule has 0 aliphatic carbocycles. The summed E-state index contributed by atoms with van der Waals surface area (Å²) >= 11 is 3.59. The zero-order chi connectivity index (χ0) is 17.9. The molecule has 5 nitrogen and oxygen atoms in total. The summed E-state index contributed by atoms with van der Waals surface area (Å²) in [5.41, 5.74) is 1.06. The molecule has 24 heavy (non-hydrogen) atoms. The van der Waals surface area contributed by atoms with E-state index in [9.17, 15) is 18.3 Å². The van der Waals surface area contributed by atoms with Gasteiger partial charge < -0.3 is 5.11 Å². The summed E-state index contributed by atoms with van der Waals surface area (Å²) < 4.78 is 26.5. The lowest BCUT2D eigenvalue weighted by Gasteiger charge is -2.13. The summed E-state index contributed by atoms with van der Waals surface area (Å²) in [7, 11) is -0.838. The lowest BCUT2D eigenvalue weighted by molar-refractivity contribution is 0.0693. The largest absolute Gasteiger partial charge is 0.478 e. The number of carboxylic acids is 1. The van der Waals surface area contributed by atoms with Crippen LogP contribution >= 0.6 is 34.4 Å². The molecule has 2 aromatic carbocycles. The Hall–Kier alpha value is -1.10. The number of carbonyl (C=O) groups is 1. The molecular formula is C16H16INO4S2. The van der Waals surface area contributed by atoms with Crippen molar-refractivity contribution in [1.82, 2.24) is 4.31 Å². The van der Waals surface area contributed by atoms with Crippen LogP contribution in [-0.2, 0) is 15.8 Å². The van der Waals surface area contributed by atoms with E-state index in [-0.39, 0.29) is 10.5 Å². The van der Waals surface area contributed by atoms with Crippen LogP contribution in [0.2, 0.25) is 0 Å². The van der Waals surface area contributed by atoms with Crippen molar-refractivity contribution in [2.24, 2.45) is 0 Å². The first-order chi connectivity index (χ1) is 11.2. The molecule has 0 amide bonds. The third-order valence-corrected chi connectivity index (χ3v) is 6.94. The Labute approximate surface area is 159 Å².